The van der Waals surface area contributed by atoms with E-state index in [4.69, 9.17) is 0 Å². The molecule has 1 aliphatic heterocycles. The first-order valence-corrected chi connectivity index (χ1v) is 7.90. The van der Waals surface area contributed by atoms with Crippen LogP contribution in [0.25, 0.3) is 11.0 Å². The van der Waals surface area contributed by atoms with Gasteiger partial charge in [-0.05, 0) is 37.0 Å². The van der Waals surface area contributed by atoms with Gasteiger partial charge in [-0.1, -0.05) is 19.9 Å². The third kappa shape index (κ3) is 3.09. The van der Waals surface area contributed by atoms with Crippen LogP contribution in [0.5, 0.6) is 0 Å². The van der Waals surface area contributed by atoms with Gasteiger partial charge in [-0.15, -0.1) is 0 Å². The van der Waals surface area contributed by atoms with E-state index in [1.165, 1.54) is 6.42 Å². The highest BCUT2D eigenvalue weighted by Crippen LogP contribution is 2.19. The van der Waals surface area contributed by atoms with E-state index in [0.717, 1.165) is 48.4 Å². The molecule has 0 radical (unpaired) electrons. The number of amides is 1. The van der Waals surface area contributed by atoms with E-state index in [0.29, 0.717) is 12.3 Å². The van der Waals surface area contributed by atoms with Crippen molar-refractivity contribution in [2.24, 2.45) is 0 Å². The molecule has 1 fully saturated rings. The summed E-state index contributed by atoms with van der Waals surface area (Å²) in [4.78, 5) is 22.2. The molecule has 1 saturated heterocycles. The zero-order valence-electron chi connectivity index (χ0n) is 12.9. The number of piperidine rings is 1. The number of hydrogen-bond donors (Lipinski definition) is 1. The summed E-state index contributed by atoms with van der Waals surface area (Å²) >= 11 is 0. The van der Waals surface area contributed by atoms with Gasteiger partial charge in [0.05, 0.1) is 17.5 Å². The van der Waals surface area contributed by atoms with E-state index in [9.17, 15) is 4.79 Å². The topological polar surface area (TPSA) is 49.0 Å². The summed E-state index contributed by atoms with van der Waals surface area (Å²) in [6.07, 6.45) is 4.03. The highest BCUT2D eigenvalue weighted by molar-refractivity contribution is 5.82. The highest BCUT2D eigenvalue weighted by Gasteiger charge is 2.17. The van der Waals surface area contributed by atoms with Gasteiger partial charge in [-0.3, -0.25) is 4.79 Å². The van der Waals surface area contributed by atoms with Crippen molar-refractivity contribution in [1.82, 2.24) is 14.9 Å². The van der Waals surface area contributed by atoms with Gasteiger partial charge in [0.1, 0.15) is 5.82 Å². The Bertz CT molecular complexity index is 639. The Hall–Kier alpha value is -1.84. The van der Waals surface area contributed by atoms with Crippen LogP contribution in [0.1, 0.15) is 50.4 Å². The second-order valence-corrected chi connectivity index (χ2v) is 6.25. The molecule has 0 saturated carbocycles. The third-order valence-electron chi connectivity index (χ3n) is 4.18. The molecular formula is C17H23N3O. The summed E-state index contributed by atoms with van der Waals surface area (Å²) in [7, 11) is 0. The van der Waals surface area contributed by atoms with Crippen LogP contribution in [0.3, 0.4) is 0 Å². The fraction of sp³-hybridized carbons (Fsp3) is 0.529. The largest absolute Gasteiger partial charge is 0.342 e. The second kappa shape index (κ2) is 5.88. The standard InChI is InChI=1S/C17H23N3O/c1-12(2)17-18-14-7-6-13(10-15(14)19-17)11-16(21)20-8-4-3-5-9-20/h6-7,10,12H,3-5,8-9,11H2,1-2H3,(H,18,19). The number of imidazole rings is 1. The molecule has 0 unspecified atom stereocenters. The van der Waals surface area contributed by atoms with E-state index >= 15 is 0 Å². The number of aromatic amines is 1. The lowest BCUT2D eigenvalue weighted by Crippen LogP contribution is -2.36. The van der Waals surface area contributed by atoms with Crippen molar-refractivity contribution in [2.45, 2.75) is 45.4 Å². The molecule has 1 aliphatic rings. The minimum atomic E-state index is 0.248. The first kappa shape index (κ1) is 14.1. The lowest BCUT2D eigenvalue weighted by Gasteiger charge is -2.26. The number of aromatic nitrogens is 2. The Kier molecular flexibility index (Phi) is 3.95. The summed E-state index contributed by atoms with van der Waals surface area (Å²) in [5, 5.41) is 0. The average molecular weight is 285 g/mol. The molecule has 4 heteroatoms. The summed E-state index contributed by atoms with van der Waals surface area (Å²) in [6.45, 7) is 6.09. The summed E-state index contributed by atoms with van der Waals surface area (Å²) < 4.78 is 0. The molecule has 112 valence electrons. The van der Waals surface area contributed by atoms with Crippen LogP contribution < -0.4 is 0 Å². The number of fused-ring (bicyclic) bond motifs is 1. The van der Waals surface area contributed by atoms with E-state index in [1.54, 1.807) is 0 Å². The molecule has 2 heterocycles. The van der Waals surface area contributed by atoms with E-state index in [-0.39, 0.29) is 5.91 Å². The molecule has 3 rings (SSSR count). The fourth-order valence-electron chi connectivity index (χ4n) is 2.89. The van der Waals surface area contributed by atoms with Gasteiger partial charge >= 0.3 is 0 Å². The predicted molar refractivity (Wildman–Crippen MR) is 84.3 cm³/mol. The number of H-pyrrole nitrogens is 1. The van der Waals surface area contributed by atoms with Crippen molar-refractivity contribution in [2.75, 3.05) is 13.1 Å². The van der Waals surface area contributed by atoms with E-state index in [1.807, 2.05) is 17.0 Å². The molecule has 0 bridgehead atoms. The van der Waals surface area contributed by atoms with Gasteiger partial charge in [0.25, 0.3) is 0 Å². The number of nitrogens with one attached hydrogen (secondary N) is 1. The lowest BCUT2D eigenvalue weighted by molar-refractivity contribution is -0.131. The second-order valence-electron chi connectivity index (χ2n) is 6.25. The van der Waals surface area contributed by atoms with Crippen LogP contribution in [0.15, 0.2) is 18.2 Å². The predicted octanol–water partition coefficient (Wildman–Crippen LogP) is 3.24. The lowest BCUT2D eigenvalue weighted by atomic mass is 10.1. The normalized spacial score (nSPS) is 15.9. The molecule has 0 atom stereocenters. The summed E-state index contributed by atoms with van der Waals surface area (Å²) in [6, 6.07) is 6.10. The van der Waals surface area contributed by atoms with Crippen LogP contribution in [0.4, 0.5) is 0 Å². The van der Waals surface area contributed by atoms with Crippen LogP contribution in [-0.2, 0) is 11.2 Å². The summed E-state index contributed by atoms with van der Waals surface area (Å²) in [5.41, 5.74) is 3.08. The van der Waals surface area contributed by atoms with Gasteiger partial charge in [0.2, 0.25) is 5.91 Å². The van der Waals surface area contributed by atoms with Crippen molar-refractivity contribution in [3.63, 3.8) is 0 Å². The fourth-order valence-corrected chi connectivity index (χ4v) is 2.89. The minimum absolute atomic E-state index is 0.248. The molecule has 1 aromatic heterocycles. The molecule has 1 N–H and O–H groups in total. The third-order valence-corrected chi connectivity index (χ3v) is 4.18. The first-order valence-electron chi connectivity index (χ1n) is 7.90. The summed E-state index contributed by atoms with van der Waals surface area (Å²) in [5.74, 6) is 1.64. The minimum Gasteiger partial charge on any atom is -0.342 e. The smallest absolute Gasteiger partial charge is 0.226 e. The van der Waals surface area contributed by atoms with Crippen LogP contribution in [-0.4, -0.2) is 33.9 Å². The SMILES string of the molecule is CC(C)c1nc2ccc(CC(=O)N3CCCCC3)cc2[nH]1. The number of nitrogens with zero attached hydrogens (tertiary/aromatic N) is 2. The Labute approximate surface area is 125 Å². The van der Waals surface area contributed by atoms with Crippen molar-refractivity contribution >= 4 is 16.9 Å². The van der Waals surface area contributed by atoms with E-state index < -0.39 is 0 Å². The van der Waals surface area contributed by atoms with Crippen molar-refractivity contribution < 1.29 is 4.79 Å². The maximum atomic E-state index is 12.3. The quantitative estimate of drug-likeness (QED) is 0.941. The van der Waals surface area contributed by atoms with Gasteiger partial charge < -0.3 is 9.88 Å². The van der Waals surface area contributed by atoms with Crippen LogP contribution >= 0.6 is 0 Å². The van der Waals surface area contributed by atoms with Crippen LogP contribution in [0, 0.1) is 0 Å². The van der Waals surface area contributed by atoms with Gasteiger partial charge in [0.15, 0.2) is 0 Å². The molecular weight excluding hydrogens is 262 g/mol. The van der Waals surface area contributed by atoms with Crippen molar-refractivity contribution in [3.8, 4) is 0 Å². The number of carbonyl (C=O) groups is 1. The number of benzene rings is 1. The van der Waals surface area contributed by atoms with Crippen LogP contribution in [0.2, 0.25) is 0 Å². The molecule has 2 aromatic rings. The average Bonchev–Trinajstić information content (AvgIpc) is 2.91. The Balaban J connectivity index is 1.75. The van der Waals surface area contributed by atoms with Gasteiger partial charge in [-0.25, -0.2) is 4.98 Å². The molecule has 21 heavy (non-hydrogen) atoms. The van der Waals surface area contributed by atoms with Gasteiger partial charge in [-0.2, -0.15) is 0 Å². The Morgan fingerprint density at radius 2 is 2.05 bits per heavy atom. The maximum absolute atomic E-state index is 12.3. The van der Waals surface area contributed by atoms with Gasteiger partial charge in [0, 0.05) is 19.0 Å². The van der Waals surface area contributed by atoms with E-state index in [2.05, 4.69) is 29.9 Å². The number of rotatable bonds is 3. The Morgan fingerprint density at radius 1 is 1.29 bits per heavy atom. The maximum Gasteiger partial charge on any atom is 0.226 e. The molecule has 0 spiro atoms. The number of hydrogen-bond acceptors (Lipinski definition) is 2. The number of likely N-dealkylation sites (tertiary alicyclic amines) is 1. The molecule has 1 amide bonds. The Morgan fingerprint density at radius 3 is 2.76 bits per heavy atom. The molecule has 1 aromatic carbocycles. The molecule has 4 nitrogen and oxygen atoms in total. The zero-order chi connectivity index (χ0) is 14.8. The first-order chi connectivity index (χ1) is 10.1. The van der Waals surface area contributed by atoms with Crippen molar-refractivity contribution in [3.05, 3.63) is 29.6 Å². The highest BCUT2D eigenvalue weighted by atomic mass is 16.2. The zero-order valence-corrected chi connectivity index (χ0v) is 12.9. The molecule has 0 aliphatic carbocycles. The monoisotopic (exact) mass is 285 g/mol. The number of carbonyl (C=O) groups excluding carboxylic acids is 1. The van der Waals surface area contributed by atoms with Crippen molar-refractivity contribution in [1.29, 1.82) is 0 Å².